The fourth-order valence-electron chi connectivity index (χ4n) is 2.32. The molecule has 21 heavy (non-hydrogen) atoms. The molecule has 0 spiro atoms. The minimum absolute atomic E-state index is 0.0147. The molecule has 0 saturated heterocycles. The van der Waals surface area contributed by atoms with Crippen molar-refractivity contribution in [3.63, 3.8) is 0 Å². The Morgan fingerprint density at radius 2 is 1.57 bits per heavy atom. The van der Waals surface area contributed by atoms with Gasteiger partial charge in [0.15, 0.2) is 0 Å². The van der Waals surface area contributed by atoms with E-state index in [9.17, 15) is 4.39 Å². The second-order valence-electron chi connectivity index (χ2n) is 7.76. The van der Waals surface area contributed by atoms with Crippen LogP contribution in [0.25, 0.3) is 5.69 Å². The summed E-state index contributed by atoms with van der Waals surface area (Å²) in [6, 6.07) is 7.02. The summed E-state index contributed by atoms with van der Waals surface area (Å²) >= 11 is 0. The summed E-state index contributed by atoms with van der Waals surface area (Å²) in [5.41, 5.74) is 3.98. The first-order valence-electron chi connectivity index (χ1n) is 7.38. The van der Waals surface area contributed by atoms with E-state index in [2.05, 4.69) is 47.6 Å². The van der Waals surface area contributed by atoms with Crippen molar-refractivity contribution in [2.45, 2.75) is 59.3 Å². The van der Waals surface area contributed by atoms with Crippen molar-refractivity contribution in [3.8, 4) is 5.69 Å². The van der Waals surface area contributed by atoms with E-state index in [1.165, 1.54) is 6.07 Å². The fourth-order valence-corrected chi connectivity index (χ4v) is 2.32. The summed E-state index contributed by atoms with van der Waals surface area (Å²) in [5, 5.41) is 4.80. The fraction of sp³-hybridized carbons (Fsp3) is 0.500. The highest BCUT2D eigenvalue weighted by molar-refractivity contribution is 5.43. The van der Waals surface area contributed by atoms with Crippen LogP contribution in [0.5, 0.6) is 0 Å². The minimum Gasteiger partial charge on any atom is -0.237 e. The molecule has 2 nitrogen and oxygen atoms in total. The highest BCUT2D eigenvalue weighted by Gasteiger charge is 2.26. The molecule has 0 fully saturated rings. The summed E-state index contributed by atoms with van der Waals surface area (Å²) in [6.45, 7) is 14.9. The number of rotatable bonds is 1. The lowest BCUT2D eigenvalue weighted by Gasteiger charge is -2.21. The van der Waals surface area contributed by atoms with Gasteiger partial charge in [0.1, 0.15) is 5.82 Å². The zero-order valence-electron chi connectivity index (χ0n) is 14.1. The molecule has 1 aromatic heterocycles. The van der Waals surface area contributed by atoms with E-state index < -0.39 is 0 Å². The Balaban J connectivity index is 2.69. The number of benzene rings is 1. The maximum absolute atomic E-state index is 13.4. The van der Waals surface area contributed by atoms with Gasteiger partial charge in [-0.15, -0.1) is 0 Å². The molecule has 1 aromatic carbocycles. The predicted octanol–water partition coefficient (Wildman–Crippen LogP) is 4.91. The average molecular weight is 288 g/mol. The van der Waals surface area contributed by atoms with E-state index in [4.69, 9.17) is 5.10 Å². The Hall–Kier alpha value is -1.64. The van der Waals surface area contributed by atoms with Gasteiger partial charge in [-0.3, -0.25) is 0 Å². The van der Waals surface area contributed by atoms with Crippen LogP contribution in [-0.2, 0) is 10.8 Å². The van der Waals surface area contributed by atoms with Crippen molar-refractivity contribution in [2.24, 2.45) is 0 Å². The summed E-state index contributed by atoms with van der Waals surface area (Å²) in [6.07, 6.45) is 0. The van der Waals surface area contributed by atoms with E-state index in [1.807, 2.05) is 11.6 Å². The molecule has 1 heterocycles. The van der Waals surface area contributed by atoms with Crippen molar-refractivity contribution in [1.82, 2.24) is 9.78 Å². The Labute approximate surface area is 127 Å². The van der Waals surface area contributed by atoms with Crippen molar-refractivity contribution in [2.75, 3.05) is 0 Å². The molecular formula is C18H25FN2. The quantitative estimate of drug-likeness (QED) is 0.728. The maximum Gasteiger partial charge on any atom is 0.123 e. The molecule has 3 heteroatoms. The third kappa shape index (κ3) is 3.17. The highest BCUT2D eigenvalue weighted by Crippen LogP contribution is 2.31. The van der Waals surface area contributed by atoms with Gasteiger partial charge >= 0.3 is 0 Å². The Kier molecular flexibility index (Phi) is 3.73. The van der Waals surface area contributed by atoms with Gasteiger partial charge in [0.2, 0.25) is 0 Å². The van der Waals surface area contributed by atoms with Gasteiger partial charge in [-0.25, -0.2) is 9.07 Å². The maximum atomic E-state index is 13.4. The zero-order valence-corrected chi connectivity index (χ0v) is 14.1. The molecule has 0 unspecified atom stereocenters. The van der Waals surface area contributed by atoms with E-state index >= 15 is 0 Å². The normalized spacial score (nSPS) is 12.8. The largest absolute Gasteiger partial charge is 0.237 e. The molecule has 0 N–H and O–H groups in total. The Morgan fingerprint density at radius 3 is 2.05 bits per heavy atom. The molecule has 0 atom stereocenters. The predicted molar refractivity (Wildman–Crippen MR) is 85.7 cm³/mol. The molecule has 0 amide bonds. The Morgan fingerprint density at radius 1 is 0.952 bits per heavy atom. The van der Waals surface area contributed by atoms with Crippen molar-refractivity contribution in [3.05, 3.63) is 47.0 Å². The molecule has 0 aliphatic rings. The molecule has 0 saturated carbocycles. The molecule has 0 bridgehead atoms. The van der Waals surface area contributed by atoms with E-state index in [0.29, 0.717) is 0 Å². The number of hydrogen-bond acceptors (Lipinski definition) is 1. The van der Waals surface area contributed by atoms with Crippen LogP contribution < -0.4 is 0 Å². The number of aromatic nitrogens is 2. The van der Waals surface area contributed by atoms with Crippen molar-refractivity contribution >= 4 is 0 Å². The van der Waals surface area contributed by atoms with Crippen LogP contribution in [0.15, 0.2) is 24.3 Å². The number of aryl methyl sites for hydroxylation is 1. The van der Waals surface area contributed by atoms with Crippen LogP contribution in [0.2, 0.25) is 0 Å². The molecule has 0 aliphatic carbocycles. The number of hydrogen-bond donors (Lipinski definition) is 0. The Bertz CT molecular complexity index is 655. The van der Waals surface area contributed by atoms with Gasteiger partial charge < -0.3 is 0 Å². The van der Waals surface area contributed by atoms with Gasteiger partial charge in [-0.1, -0.05) is 41.5 Å². The third-order valence-corrected chi connectivity index (χ3v) is 3.63. The lowest BCUT2D eigenvalue weighted by atomic mass is 9.88. The summed E-state index contributed by atoms with van der Waals surface area (Å²) < 4.78 is 15.3. The molecule has 2 aromatic rings. The molecule has 0 radical (unpaired) electrons. The van der Waals surface area contributed by atoms with Gasteiger partial charge in [0.05, 0.1) is 11.4 Å². The van der Waals surface area contributed by atoms with Gasteiger partial charge in [-0.2, -0.15) is 5.10 Å². The summed E-state index contributed by atoms with van der Waals surface area (Å²) in [4.78, 5) is 0. The van der Waals surface area contributed by atoms with Gasteiger partial charge in [-0.05, 0) is 36.8 Å². The summed E-state index contributed by atoms with van der Waals surface area (Å²) in [5.74, 6) is -0.211. The topological polar surface area (TPSA) is 17.8 Å². The molecule has 0 aliphatic heterocycles. The SMILES string of the molecule is Cc1cc(F)ccc1-n1nc(C(C)(C)C)cc1C(C)(C)C. The third-order valence-electron chi connectivity index (χ3n) is 3.63. The first kappa shape index (κ1) is 15.7. The standard InChI is InChI=1S/C18H25FN2/c1-12-10-13(19)8-9-14(12)21-16(18(5,6)7)11-15(20-21)17(2,3)4/h8-11H,1-7H3. The molecule has 114 valence electrons. The van der Waals surface area contributed by atoms with E-state index in [0.717, 1.165) is 22.6 Å². The monoisotopic (exact) mass is 288 g/mol. The van der Waals surface area contributed by atoms with Crippen LogP contribution in [0.3, 0.4) is 0 Å². The molecular weight excluding hydrogens is 263 g/mol. The van der Waals surface area contributed by atoms with Crippen LogP contribution in [0.1, 0.15) is 58.5 Å². The smallest absolute Gasteiger partial charge is 0.123 e. The molecule has 2 rings (SSSR count). The zero-order chi connectivity index (χ0) is 16.0. The highest BCUT2D eigenvalue weighted by atomic mass is 19.1. The van der Waals surface area contributed by atoms with Crippen LogP contribution in [0.4, 0.5) is 4.39 Å². The minimum atomic E-state index is -0.211. The van der Waals surface area contributed by atoms with Gasteiger partial charge in [0.25, 0.3) is 0 Å². The van der Waals surface area contributed by atoms with Crippen molar-refractivity contribution in [1.29, 1.82) is 0 Å². The second kappa shape index (κ2) is 4.97. The number of halogens is 1. The summed E-state index contributed by atoms with van der Waals surface area (Å²) in [7, 11) is 0. The number of nitrogens with zero attached hydrogens (tertiary/aromatic N) is 2. The van der Waals surface area contributed by atoms with E-state index in [1.54, 1.807) is 12.1 Å². The van der Waals surface area contributed by atoms with Crippen LogP contribution in [0, 0.1) is 12.7 Å². The van der Waals surface area contributed by atoms with Crippen LogP contribution >= 0.6 is 0 Å². The second-order valence-corrected chi connectivity index (χ2v) is 7.76. The first-order chi connectivity index (χ1) is 9.50. The lowest BCUT2D eigenvalue weighted by Crippen LogP contribution is -2.18. The van der Waals surface area contributed by atoms with E-state index in [-0.39, 0.29) is 16.6 Å². The van der Waals surface area contributed by atoms with Crippen LogP contribution in [-0.4, -0.2) is 9.78 Å². The van der Waals surface area contributed by atoms with Crippen molar-refractivity contribution < 1.29 is 4.39 Å². The lowest BCUT2D eigenvalue weighted by molar-refractivity contribution is 0.536. The average Bonchev–Trinajstić information content (AvgIpc) is 2.72. The first-order valence-corrected chi connectivity index (χ1v) is 7.38. The van der Waals surface area contributed by atoms with Gasteiger partial charge in [0, 0.05) is 16.5 Å².